The predicted molar refractivity (Wildman–Crippen MR) is 143 cm³/mol. The van der Waals surface area contributed by atoms with Gasteiger partial charge >= 0.3 is 0 Å². The first-order valence-corrected chi connectivity index (χ1v) is 13.1. The van der Waals surface area contributed by atoms with Crippen LogP contribution < -0.4 is 15.0 Å². The summed E-state index contributed by atoms with van der Waals surface area (Å²) in [5.74, 6) is 0.144. The Kier molecular flexibility index (Phi) is 9.33. The number of anilines is 2. The molecule has 0 aliphatic carbocycles. The largest absolute Gasteiger partial charge is 0.495 e. The first kappa shape index (κ1) is 27.1. The van der Waals surface area contributed by atoms with Crippen LogP contribution >= 0.6 is 11.3 Å². The number of aromatic nitrogens is 1. The first-order valence-electron chi connectivity index (χ1n) is 12.2. The topological polar surface area (TPSA) is 117 Å². The molecule has 202 valence electrons. The lowest BCUT2D eigenvalue weighted by Crippen LogP contribution is -2.49. The van der Waals surface area contributed by atoms with E-state index in [1.165, 1.54) is 29.6 Å². The van der Waals surface area contributed by atoms with Crippen molar-refractivity contribution in [3.05, 3.63) is 59.5 Å². The van der Waals surface area contributed by atoms with Crippen molar-refractivity contribution in [2.75, 3.05) is 70.3 Å². The van der Waals surface area contributed by atoms with Gasteiger partial charge < -0.3 is 33.9 Å². The number of carbonyl (C=O) groups excluding carboxylic acids is 3. The molecule has 0 spiro atoms. The molecule has 1 aliphatic rings. The van der Waals surface area contributed by atoms with Crippen LogP contribution in [-0.2, 0) is 20.7 Å². The zero-order chi connectivity index (χ0) is 26.9. The molecule has 1 fully saturated rings. The van der Waals surface area contributed by atoms with Crippen molar-refractivity contribution in [1.82, 2.24) is 14.8 Å². The fourth-order valence-electron chi connectivity index (χ4n) is 4.14. The molecule has 3 heterocycles. The van der Waals surface area contributed by atoms with Crippen LogP contribution in [0, 0.1) is 0 Å². The molecule has 1 aliphatic heterocycles. The number of amides is 3. The Morgan fingerprint density at radius 2 is 1.89 bits per heavy atom. The smallest absolute Gasteiger partial charge is 0.290 e. The molecular formula is C26H31N5O6S. The molecule has 0 atom stereocenters. The minimum Gasteiger partial charge on any atom is -0.495 e. The summed E-state index contributed by atoms with van der Waals surface area (Å²) in [5.41, 5.74) is 1.61. The Bertz CT molecular complexity index is 1220. The van der Waals surface area contributed by atoms with Crippen molar-refractivity contribution in [3.63, 3.8) is 0 Å². The molecule has 2 aromatic heterocycles. The number of nitrogens with zero attached hydrogens (tertiary/aromatic N) is 4. The SMILES string of the molecule is COCCN(CC(=O)Nc1nc(CC(=O)N2CCN(c3ccccc3OC)CC2)cs1)C(=O)c1ccco1. The number of rotatable bonds is 11. The van der Waals surface area contributed by atoms with Crippen LogP contribution in [0.15, 0.2) is 52.5 Å². The Morgan fingerprint density at radius 3 is 2.61 bits per heavy atom. The van der Waals surface area contributed by atoms with Gasteiger partial charge in [-0.3, -0.25) is 14.4 Å². The third-order valence-corrected chi connectivity index (χ3v) is 6.91. The second-order valence-corrected chi connectivity index (χ2v) is 9.46. The zero-order valence-electron chi connectivity index (χ0n) is 21.4. The Morgan fingerprint density at radius 1 is 1.11 bits per heavy atom. The lowest BCUT2D eigenvalue weighted by atomic mass is 10.2. The van der Waals surface area contributed by atoms with E-state index in [1.807, 2.05) is 29.2 Å². The highest BCUT2D eigenvalue weighted by Gasteiger charge is 2.24. The highest BCUT2D eigenvalue weighted by Crippen LogP contribution is 2.28. The van der Waals surface area contributed by atoms with Crippen LogP contribution in [0.1, 0.15) is 16.2 Å². The van der Waals surface area contributed by atoms with Crippen molar-refractivity contribution in [2.24, 2.45) is 0 Å². The summed E-state index contributed by atoms with van der Waals surface area (Å²) in [4.78, 5) is 48.0. The van der Waals surface area contributed by atoms with Crippen LogP contribution in [-0.4, -0.2) is 92.6 Å². The zero-order valence-corrected chi connectivity index (χ0v) is 22.2. The van der Waals surface area contributed by atoms with Gasteiger partial charge in [0.2, 0.25) is 11.8 Å². The summed E-state index contributed by atoms with van der Waals surface area (Å²) >= 11 is 1.24. The van der Waals surface area contributed by atoms with Crippen LogP contribution in [0.25, 0.3) is 0 Å². The molecule has 0 unspecified atom stereocenters. The number of ether oxygens (including phenoxy) is 2. The molecule has 3 aromatic rings. The van der Waals surface area contributed by atoms with Crippen molar-refractivity contribution in [3.8, 4) is 5.75 Å². The summed E-state index contributed by atoms with van der Waals surface area (Å²) < 4.78 is 15.7. The Labute approximate surface area is 224 Å². The van der Waals surface area contributed by atoms with E-state index in [2.05, 4.69) is 15.2 Å². The molecule has 1 aromatic carbocycles. The normalized spacial score (nSPS) is 13.3. The molecule has 11 nitrogen and oxygen atoms in total. The highest BCUT2D eigenvalue weighted by molar-refractivity contribution is 7.13. The van der Waals surface area contributed by atoms with E-state index in [1.54, 1.807) is 24.6 Å². The monoisotopic (exact) mass is 541 g/mol. The summed E-state index contributed by atoms with van der Waals surface area (Å²) in [6.45, 7) is 2.94. The van der Waals surface area contributed by atoms with Crippen molar-refractivity contribution in [2.45, 2.75) is 6.42 Å². The van der Waals surface area contributed by atoms with Gasteiger partial charge in [-0.25, -0.2) is 4.98 Å². The van der Waals surface area contributed by atoms with E-state index in [0.717, 1.165) is 11.4 Å². The average Bonchev–Trinajstić information content (AvgIpc) is 3.63. The number of furan rings is 1. The molecule has 0 radical (unpaired) electrons. The number of para-hydroxylation sites is 2. The van der Waals surface area contributed by atoms with Gasteiger partial charge in [-0.1, -0.05) is 12.1 Å². The lowest BCUT2D eigenvalue weighted by Gasteiger charge is -2.36. The minimum absolute atomic E-state index is 0.0114. The van der Waals surface area contributed by atoms with E-state index in [9.17, 15) is 14.4 Å². The van der Waals surface area contributed by atoms with E-state index in [-0.39, 0.29) is 37.8 Å². The number of benzene rings is 1. The van der Waals surface area contributed by atoms with Crippen LogP contribution in [0.2, 0.25) is 0 Å². The molecule has 3 amide bonds. The maximum Gasteiger partial charge on any atom is 0.290 e. The quantitative estimate of drug-likeness (QED) is 0.393. The second kappa shape index (κ2) is 13.1. The van der Waals surface area contributed by atoms with Gasteiger partial charge in [-0.15, -0.1) is 11.3 Å². The third-order valence-electron chi connectivity index (χ3n) is 6.11. The van der Waals surface area contributed by atoms with Crippen LogP contribution in [0.4, 0.5) is 10.8 Å². The molecule has 0 bridgehead atoms. The number of piperazine rings is 1. The molecule has 1 N–H and O–H groups in total. The number of hydrogen-bond acceptors (Lipinski definition) is 9. The van der Waals surface area contributed by atoms with Crippen molar-refractivity contribution in [1.29, 1.82) is 0 Å². The van der Waals surface area contributed by atoms with Gasteiger partial charge in [-0.2, -0.15) is 0 Å². The maximum absolute atomic E-state index is 12.9. The predicted octanol–water partition coefficient (Wildman–Crippen LogP) is 2.36. The number of methoxy groups -OCH3 is 2. The number of carbonyl (C=O) groups is 3. The molecule has 1 saturated heterocycles. The van der Waals surface area contributed by atoms with Gasteiger partial charge in [0.15, 0.2) is 10.9 Å². The number of thiazole rings is 1. The van der Waals surface area contributed by atoms with Crippen molar-refractivity contribution >= 4 is 39.9 Å². The summed E-state index contributed by atoms with van der Waals surface area (Å²) in [5, 5.41) is 4.85. The highest BCUT2D eigenvalue weighted by atomic mass is 32.1. The van der Waals surface area contributed by atoms with Gasteiger partial charge in [0.05, 0.1) is 37.8 Å². The average molecular weight is 542 g/mol. The van der Waals surface area contributed by atoms with Crippen LogP contribution in [0.3, 0.4) is 0 Å². The van der Waals surface area contributed by atoms with E-state index >= 15 is 0 Å². The number of hydrogen-bond donors (Lipinski definition) is 1. The molecule has 38 heavy (non-hydrogen) atoms. The molecule has 12 heteroatoms. The molecule has 0 saturated carbocycles. The standard InChI is InChI=1S/C26H31N5O6S/c1-35-15-13-31(25(34)22-8-5-14-37-22)17-23(32)28-26-27-19(18-38-26)16-24(33)30-11-9-29(10-12-30)20-6-3-4-7-21(20)36-2/h3-8,14,18H,9-13,15-17H2,1-2H3,(H,27,28,32). The Balaban J connectivity index is 1.27. The van der Waals surface area contributed by atoms with Gasteiger partial charge in [0, 0.05) is 45.2 Å². The number of nitrogens with one attached hydrogen (secondary N) is 1. The third kappa shape index (κ3) is 6.90. The summed E-state index contributed by atoms with van der Waals surface area (Å²) in [6, 6.07) is 11.0. The van der Waals surface area contributed by atoms with E-state index in [4.69, 9.17) is 13.9 Å². The lowest BCUT2D eigenvalue weighted by molar-refractivity contribution is -0.130. The molecular weight excluding hydrogens is 510 g/mol. The fourth-order valence-corrected chi connectivity index (χ4v) is 4.87. The van der Waals surface area contributed by atoms with Crippen LogP contribution in [0.5, 0.6) is 5.75 Å². The minimum atomic E-state index is -0.404. The maximum atomic E-state index is 12.9. The van der Waals surface area contributed by atoms with E-state index < -0.39 is 11.8 Å². The van der Waals surface area contributed by atoms with Gasteiger partial charge in [-0.05, 0) is 24.3 Å². The van der Waals surface area contributed by atoms with Gasteiger partial charge in [0.1, 0.15) is 12.3 Å². The summed E-state index contributed by atoms with van der Waals surface area (Å²) in [7, 11) is 3.18. The first-order chi connectivity index (χ1) is 18.5. The van der Waals surface area contributed by atoms with Gasteiger partial charge in [0.25, 0.3) is 5.91 Å². The fraction of sp³-hybridized carbons (Fsp3) is 0.385. The van der Waals surface area contributed by atoms with E-state index in [0.29, 0.717) is 37.0 Å². The van der Waals surface area contributed by atoms with Crippen molar-refractivity contribution < 1.29 is 28.3 Å². The Hall–Kier alpha value is -3.90. The second-order valence-electron chi connectivity index (χ2n) is 8.61. The summed E-state index contributed by atoms with van der Waals surface area (Å²) in [6.07, 6.45) is 1.55. The molecule has 4 rings (SSSR count).